The second kappa shape index (κ2) is 3.99. The van der Waals surface area contributed by atoms with Crippen LogP contribution in [0.25, 0.3) is 0 Å². The quantitative estimate of drug-likeness (QED) is 0.763. The van der Waals surface area contributed by atoms with Gasteiger partial charge in [-0.1, -0.05) is 0 Å². The van der Waals surface area contributed by atoms with E-state index in [-0.39, 0.29) is 18.4 Å². The number of hydrogen-bond acceptors (Lipinski definition) is 2. The van der Waals surface area contributed by atoms with Gasteiger partial charge in [0.2, 0.25) is 5.91 Å². The summed E-state index contributed by atoms with van der Waals surface area (Å²) in [5, 5.41) is 2.69. The van der Waals surface area contributed by atoms with Crippen LogP contribution >= 0.6 is 0 Å². The first-order chi connectivity index (χ1) is 7.37. The molecule has 1 amide bonds. The van der Waals surface area contributed by atoms with Crippen LogP contribution in [0.2, 0.25) is 0 Å². The highest BCUT2D eigenvalue weighted by molar-refractivity contribution is 5.79. The molecule has 0 aromatic heterocycles. The molecule has 0 aromatic carbocycles. The fourth-order valence-corrected chi connectivity index (χ4v) is 2.94. The summed E-state index contributed by atoms with van der Waals surface area (Å²) >= 11 is 0. The first-order valence-electron chi connectivity index (χ1n) is 6.09. The summed E-state index contributed by atoms with van der Waals surface area (Å²) in [6.07, 6.45) is 2.89. The van der Waals surface area contributed by atoms with Gasteiger partial charge in [0.25, 0.3) is 0 Å². The van der Waals surface area contributed by atoms with Crippen LogP contribution in [-0.4, -0.2) is 24.2 Å². The van der Waals surface area contributed by atoms with Crippen molar-refractivity contribution in [3.05, 3.63) is 0 Å². The smallest absolute Gasteiger partial charge is 0.223 e. The minimum absolute atomic E-state index is 0.00678. The molecular weight excluding hydrogens is 207 g/mol. The largest absolute Gasteiger partial charge is 0.353 e. The van der Waals surface area contributed by atoms with Crippen molar-refractivity contribution in [2.75, 3.05) is 6.54 Å². The molecule has 0 bridgehead atoms. The molecule has 92 valence electrons. The zero-order valence-corrected chi connectivity index (χ0v) is 10.0. The van der Waals surface area contributed by atoms with Crippen LogP contribution in [0.4, 0.5) is 4.39 Å². The molecule has 2 fully saturated rings. The van der Waals surface area contributed by atoms with Gasteiger partial charge in [-0.2, -0.15) is 0 Å². The van der Waals surface area contributed by atoms with Crippen LogP contribution in [0, 0.1) is 17.8 Å². The van der Waals surface area contributed by atoms with E-state index >= 15 is 0 Å². The van der Waals surface area contributed by atoms with Crippen molar-refractivity contribution in [2.45, 2.75) is 44.8 Å². The molecular formula is C12H21FN2O. The molecule has 4 heteroatoms. The number of nitrogens with one attached hydrogen (secondary N) is 1. The summed E-state index contributed by atoms with van der Waals surface area (Å²) in [4.78, 5) is 11.8. The van der Waals surface area contributed by atoms with E-state index in [0.29, 0.717) is 17.9 Å². The van der Waals surface area contributed by atoms with E-state index in [1.165, 1.54) is 13.8 Å². The number of rotatable bonds is 3. The van der Waals surface area contributed by atoms with Crippen molar-refractivity contribution in [2.24, 2.45) is 23.5 Å². The third kappa shape index (κ3) is 2.37. The average molecular weight is 228 g/mol. The number of alkyl halides is 1. The molecule has 2 saturated carbocycles. The molecule has 2 aliphatic rings. The summed E-state index contributed by atoms with van der Waals surface area (Å²) < 4.78 is 13.2. The Kier molecular flexibility index (Phi) is 2.95. The third-order valence-electron chi connectivity index (χ3n) is 3.93. The molecule has 0 aromatic rings. The predicted molar refractivity (Wildman–Crippen MR) is 60.5 cm³/mol. The molecule has 0 saturated heterocycles. The van der Waals surface area contributed by atoms with Crippen LogP contribution in [0.1, 0.15) is 33.1 Å². The number of fused-ring (bicyclic) bond motifs is 1. The third-order valence-corrected chi connectivity index (χ3v) is 3.93. The number of carbonyl (C=O) groups excluding carboxylic acids is 1. The van der Waals surface area contributed by atoms with Gasteiger partial charge in [0.05, 0.1) is 6.54 Å². The molecule has 0 spiro atoms. The zero-order chi connectivity index (χ0) is 11.9. The van der Waals surface area contributed by atoms with Crippen LogP contribution in [0.5, 0.6) is 0 Å². The maximum Gasteiger partial charge on any atom is 0.223 e. The van der Waals surface area contributed by atoms with Crippen molar-refractivity contribution < 1.29 is 9.18 Å². The standard InChI is InChI=1S/C12H21FN2O/c1-12(2,13)6-15-11(16)8-3-7-5-10(14)9(7)4-8/h7-10H,3-6,14H2,1-2H3,(H,15,16)/t7-,8?,9-,10+/m1/s1. The van der Waals surface area contributed by atoms with Crippen molar-refractivity contribution in [1.82, 2.24) is 5.32 Å². The molecule has 1 unspecified atom stereocenters. The van der Waals surface area contributed by atoms with E-state index in [1.807, 2.05) is 0 Å². The molecule has 3 N–H and O–H groups in total. The maximum atomic E-state index is 13.2. The SMILES string of the molecule is CC(C)(F)CNC(=O)C1C[C@@H]2C[C@H](N)[C@@H]2C1. The van der Waals surface area contributed by atoms with Gasteiger partial charge >= 0.3 is 0 Å². The van der Waals surface area contributed by atoms with Crippen LogP contribution < -0.4 is 11.1 Å². The Bertz CT molecular complexity index is 287. The lowest BCUT2D eigenvalue weighted by Gasteiger charge is -2.37. The predicted octanol–water partition coefficient (Wildman–Crippen LogP) is 1.22. The molecule has 16 heavy (non-hydrogen) atoms. The number of halogens is 1. The van der Waals surface area contributed by atoms with Crippen LogP contribution in [-0.2, 0) is 4.79 Å². The molecule has 0 aliphatic heterocycles. The summed E-state index contributed by atoms with van der Waals surface area (Å²) in [7, 11) is 0. The molecule has 2 rings (SSSR count). The van der Waals surface area contributed by atoms with Crippen LogP contribution in [0.15, 0.2) is 0 Å². The lowest BCUT2D eigenvalue weighted by molar-refractivity contribution is -0.125. The molecule has 3 nitrogen and oxygen atoms in total. The highest BCUT2D eigenvalue weighted by Gasteiger charge is 2.47. The Morgan fingerprint density at radius 1 is 1.44 bits per heavy atom. The Balaban J connectivity index is 1.79. The van der Waals surface area contributed by atoms with Crippen molar-refractivity contribution in [1.29, 1.82) is 0 Å². The molecule has 0 heterocycles. The molecule has 2 aliphatic carbocycles. The van der Waals surface area contributed by atoms with Crippen molar-refractivity contribution >= 4 is 5.91 Å². The summed E-state index contributed by atoms with van der Waals surface area (Å²) in [5.74, 6) is 1.25. The minimum Gasteiger partial charge on any atom is -0.353 e. The van der Waals surface area contributed by atoms with Gasteiger partial charge in [0, 0.05) is 12.0 Å². The molecule has 0 radical (unpaired) electrons. The maximum absolute atomic E-state index is 13.2. The highest BCUT2D eigenvalue weighted by atomic mass is 19.1. The summed E-state index contributed by atoms with van der Waals surface area (Å²) in [5.41, 5.74) is 4.55. The Morgan fingerprint density at radius 3 is 2.62 bits per heavy atom. The average Bonchev–Trinajstić information content (AvgIpc) is 2.51. The van der Waals surface area contributed by atoms with E-state index in [0.717, 1.165) is 19.3 Å². The van der Waals surface area contributed by atoms with Crippen molar-refractivity contribution in [3.63, 3.8) is 0 Å². The van der Waals surface area contributed by atoms with E-state index in [9.17, 15) is 9.18 Å². The molecule has 4 atom stereocenters. The van der Waals surface area contributed by atoms with Gasteiger partial charge in [-0.05, 0) is 44.9 Å². The first-order valence-corrected chi connectivity index (χ1v) is 6.09. The second-order valence-corrected chi connectivity index (χ2v) is 5.93. The summed E-state index contributed by atoms with van der Waals surface area (Å²) in [6, 6.07) is 0.292. The van der Waals surface area contributed by atoms with Crippen LogP contribution in [0.3, 0.4) is 0 Å². The zero-order valence-electron chi connectivity index (χ0n) is 10.0. The van der Waals surface area contributed by atoms with E-state index < -0.39 is 5.67 Å². The number of hydrogen-bond donors (Lipinski definition) is 2. The van der Waals surface area contributed by atoms with Gasteiger partial charge in [0.1, 0.15) is 5.67 Å². The van der Waals surface area contributed by atoms with Gasteiger partial charge in [-0.25, -0.2) is 4.39 Å². The summed E-state index contributed by atoms with van der Waals surface area (Å²) in [6.45, 7) is 3.05. The fourth-order valence-electron chi connectivity index (χ4n) is 2.94. The van der Waals surface area contributed by atoms with Gasteiger partial charge in [-0.3, -0.25) is 4.79 Å². The topological polar surface area (TPSA) is 55.1 Å². The van der Waals surface area contributed by atoms with E-state index in [1.54, 1.807) is 0 Å². The van der Waals surface area contributed by atoms with Gasteiger partial charge in [-0.15, -0.1) is 0 Å². The number of nitrogens with two attached hydrogens (primary N) is 1. The minimum atomic E-state index is -1.33. The first kappa shape index (κ1) is 11.8. The fraction of sp³-hybridized carbons (Fsp3) is 0.917. The highest BCUT2D eigenvalue weighted by Crippen LogP contribution is 2.48. The monoisotopic (exact) mass is 228 g/mol. The number of carbonyl (C=O) groups is 1. The number of amides is 1. The Hall–Kier alpha value is -0.640. The van der Waals surface area contributed by atoms with Crippen molar-refractivity contribution in [3.8, 4) is 0 Å². The van der Waals surface area contributed by atoms with Gasteiger partial charge < -0.3 is 11.1 Å². The second-order valence-electron chi connectivity index (χ2n) is 5.93. The Labute approximate surface area is 96.0 Å². The van der Waals surface area contributed by atoms with E-state index in [2.05, 4.69) is 5.32 Å². The van der Waals surface area contributed by atoms with E-state index in [4.69, 9.17) is 5.73 Å². The normalized spacial score (nSPS) is 37.8. The lowest BCUT2D eigenvalue weighted by Crippen LogP contribution is -2.44. The Morgan fingerprint density at radius 2 is 2.12 bits per heavy atom. The van der Waals surface area contributed by atoms with Gasteiger partial charge in [0.15, 0.2) is 0 Å². The lowest BCUT2D eigenvalue weighted by atomic mass is 9.72.